The van der Waals surface area contributed by atoms with Crippen LogP contribution in [0.25, 0.3) is 0 Å². The number of hydrogen-bond donors (Lipinski definition) is 1. The first-order chi connectivity index (χ1) is 8.18. The highest BCUT2D eigenvalue weighted by atomic mass is 16.4. The maximum atomic E-state index is 11.8. The Morgan fingerprint density at radius 3 is 2.71 bits per heavy atom. The Labute approximate surface area is 99.9 Å². The quantitative estimate of drug-likeness (QED) is 0.866. The summed E-state index contributed by atoms with van der Waals surface area (Å²) in [4.78, 5) is 24.0. The summed E-state index contributed by atoms with van der Waals surface area (Å²) in [6.45, 7) is -0.210. The minimum absolute atomic E-state index is 0.0625. The van der Waals surface area contributed by atoms with Crippen LogP contribution in [-0.2, 0) is 9.59 Å². The average Bonchev–Trinajstić information content (AvgIpc) is 2.32. The van der Waals surface area contributed by atoms with E-state index in [9.17, 15) is 9.59 Å². The van der Waals surface area contributed by atoms with Gasteiger partial charge in [-0.05, 0) is 18.4 Å². The number of carboxylic acids is 1. The lowest BCUT2D eigenvalue weighted by molar-refractivity contribution is -0.148. The monoisotopic (exact) mass is 233 g/mol. The molecule has 1 heterocycles. The second-order valence-electron chi connectivity index (χ2n) is 4.23. The van der Waals surface area contributed by atoms with Crippen LogP contribution in [0.4, 0.5) is 0 Å². The van der Waals surface area contributed by atoms with Crippen LogP contribution >= 0.6 is 0 Å². The SMILES string of the molecule is O=C(O)CN1C(=O)CCC[C@@H]1c1ccccc1. The van der Waals surface area contributed by atoms with Gasteiger partial charge < -0.3 is 10.0 Å². The molecule has 2 rings (SSSR count). The fraction of sp³-hybridized carbons (Fsp3) is 0.385. The average molecular weight is 233 g/mol. The third kappa shape index (κ3) is 2.64. The second-order valence-corrected chi connectivity index (χ2v) is 4.23. The van der Waals surface area contributed by atoms with Gasteiger partial charge in [-0.2, -0.15) is 0 Å². The minimum Gasteiger partial charge on any atom is -0.480 e. The summed E-state index contributed by atoms with van der Waals surface area (Å²) in [6, 6.07) is 9.53. The second kappa shape index (κ2) is 4.99. The van der Waals surface area contributed by atoms with E-state index < -0.39 is 5.97 Å². The summed E-state index contributed by atoms with van der Waals surface area (Å²) in [7, 11) is 0. The van der Waals surface area contributed by atoms with Gasteiger partial charge in [0.2, 0.25) is 5.91 Å². The Balaban J connectivity index is 2.23. The molecular formula is C13H15NO3. The molecule has 4 heteroatoms. The number of amides is 1. The Morgan fingerprint density at radius 1 is 1.35 bits per heavy atom. The molecule has 17 heavy (non-hydrogen) atoms. The van der Waals surface area contributed by atoms with Crippen LogP contribution in [0.1, 0.15) is 30.9 Å². The van der Waals surface area contributed by atoms with Gasteiger partial charge in [-0.25, -0.2) is 0 Å². The Bertz CT molecular complexity index is 416. The van der Waals surface area contributed by atoms with E-state index in [2.05, 4.69) is 0 Å². The predicted molar refractivity (Wildman–Crippen MR) is 62.4 cm³/mol. The van der Waals surface area contributed by atoms with Crippen molar-refractivity contribution >= 4 is 11.9 Å². The highest BCUT2D eigenvalue weighted by Crippen LogP contribution is 2.30. The van der Waals surface area contributed by atoms with Crippen molar-refractivity contribution in [3.63, 3.8) is 0 Å². The lowest BCUT2D eigenvalue weighted by Gasteiger charge is -2.34. The highest BCUT2D eigenvalue weighted by molar-refractivity contribution is 5.82. The molecule has 90 valence electrons. The van der Waals surface area contributed by atoms with Crippen LogP contribution in [0.15, 0.2) is 30.3 Å². The van der Waals surface area contributed by atoms with Crippen LogP contribution in [0.5, 0.6) is 0 Å². The summed E-state index contributed by atoms with van der Waals surface area (Å²) < 4.78 is 0. The third-order valence-corrected chi connectivity index (χ3v) is 3.05. The number of piperidine rings is 1. The fourth-order valence-corrected chi connectivity index (χ4v) is 2.29. The maximum Gasteiger partial charge on any atom is 0.323 e. The van der Waals surface area contributed by atoms with Crippen molar-refractivity contribution in [2.45, 2.75) is 25.3 Å². The zero-order valence-electron chi connectivity index (χ0n) is 9.50. The van der Waals surface area contributed by atoms with E-state index >= 15 is 0 Å². The van der Waals surface area contributed by atoms with E-state index in [1.54, 1.807) is 0 Å². The van der Waals surface area contributed by atoms with Crippen molar-refractivity contribution in [2.75, 3.05) is 6.54 Å². The van der Waals surface area contributed by atoms with Crippen molar-refractivity contribution in [3.05, 3.63) is 35.9 Å². The summed E-state index contributed by atoms with van der Waals surface area (Å²) in [6.07, 6.45) is 2.12. The van der Waals surface area contributed by atoms with Gasteiger partial charge in [-0.1, -0.05) is 30.3 Å². The molecule has 1 fully saturated rings. The van der Waals surface area contributed by atoms with Gasteiger partial charge >= 0.3 is 5.97 Å². The highest BCUT2D eigenvalue weighted by Gasteiger charge is 2.30. The molecule has 1 aliphatic rings. The molecule has 0 saturated carbocycles. The Kier molecular flexibility index (Phi) is 3.42. The number of rotatable bonds is 3. The predicted octanol–water partition coefficient (Wildman–Crippen LogP) is 1.82. The van der Waals surface area contributed by atoms with E-state index in [1.165, 1.54) is 4.90 Å². The largest absolute Gasteiger partial charge is 0.480 e. The molecule has 0 bridgehead atoms. The molecule has 0 aromatic heterocycles. The summed E-state index contributed by atoms with van der Waals surface area (Å²) in [5.41, 5.74) is 1.02. The number of carbonyl (C=O) groups is 2. The van der Waals surface area contributed by atoms with Gasteiger partial charge in [-0.15, -0.1) is 0 Å². The summed E-state index contributed by atoms with van der Waals surface area (Å²) in [5.74, 6) is -1.02. The van der Waals surface area contributed by atoms with Crippen molar-refractivity contribution in [1.82, 2.24) is 4.90 Å². The normalized spacial score (nSPS) is 20.4. The van der Waals surface area contributed by atoms with Gasteiger partial charge in [0.05, 0.1) is 6.04 Å². The lowest BCUT2D eigenvalue weighted by Crippen LogP contribution is -2.41. The molecule has 1 aromatic rings. The maximum absolute atomic E-state index is 11.8. The van der Waals surface area contributed by atoms with Crippen LogP contribution in [0, 0.1) is 0 Å². The zero-order valence-corrected chi connectivity index (χ0v) is 9.50. The number of likely N-dealkylation sites (tertiary alicyclic amines) is 1. The molecule has 0 aliphatic carbocycles. The molecule has 1 N–H and O–H groups in total. The fourth-order valence-electron chi connectivity index (χ4n) is 2.29. The molecule has 0 radical (unpaired) electrons. The number of nitrogens with zero attached hydrogens (tertiary/aromatic N) is 1. The Hall–Kier alpha value is -1.84. The van der Waals surface area contributed by atoms with Crippen molar-refractivity contribution < 1.29 is 14.7 Å². The summed E-state index contributed by atoms with van der Waals surface area (Å²) >= 11 is 0. The first kappa shape index (κ1) is 11.6. The van der Waals surface area contributed by atoms with Gasteiger partial charge in [0.25, 0.3) is 0 Å². The zero-order chi connectivity index (χ0) is 12.3. The van der Waals surface area contributed by atoms with E-state index in [-0.39, 0.29) is 18.5 Å². The standard InChI is InChI=1S/C13H15NO3/c15-12-8-4-7-11(14(12)9-13(16)17)10-5-2-1-3-6-10/h1-3,5-6,11H,4,7-9H2,(H,16,17)/t11-/m1/s1. The van der Waals surface area contributed by atoms with E-state index in [0.29, 0.717) is 6.42 Å². The molecule has 0 unspecified atom stereocenters. The third-order valence-electron chi connectivity index (χ3n) is 3.05. The lowest BCUT2D eigenvalue weighted by atomic mass is 9.95. The number of hydrogen-bond acceptors (Lipinski definition) is 2. The molecule has 0 spiro atoms. The molecular weight excluding hydrogens is 218 g/mol. The van der Waals surface area contributed by atoms with Crippen LogP contribution in [0.2, 0.25) is 0 Å². The van der Waals surface area contributed by atoms with Gasteiger partial charge in [-0.3, -0.25) is 9.59 Å². The van der Waals surface area contributed by atoms with Crippen LogP contribution < -0.4 is 0 Å². The molecule has 1 amide bonds. The first-order valence-electron chi connectivity index (χ1n) is 5.74. The van der Waals surface area contributed by atoms with Crippen molar-refractivity contribution in [1.29, 1.82) is 0 Å². The number of carbonyl (C=O) groups excluding carboxylic acids is 1. The van der Waals surface area contributed by atoms with Gasteiger partial charge in [0, 0.05) is 6.42 Å². The van der Waals surface area contributed by atoms with E-state index in [1.807, 2.05) is 30.3 Å². The molecule has 4 nitrogen and oxygen atoms in total. The van der Waals surface area contributed by atoms with Gasteiger partial charge in [0.15, 0.2) is 0 Å². The van der Waals surface area contributed by atoms with Crippen LogP contribution in [-0.4, -0.2) is 28.4 Å². The van der Waals surface area contributed by atoms with Crippen molar-refractivity contribution in [2.24, 2.45) is 0 Å². The molecule has 1 atom stereocenters. The van der Waals surface area contributed by atoms with Crippen molar-refractivity contribution in [3.8, 4) is 0 Å². The minimum atomic E-state index is -0.957. The number of carboxylic acid groups (broad SMARTS) is 1. The molecule has 1 aromatic carbocycles. The van der Waals surface area contributed by atoms with E-state index in [0.717, 1.165) is 18.4 Å². The van der Waals surface area contributed by atoms with Crippen LogP contribution in [0.3, 0.4) is 0 Å². The topological polar surface area (TPSA) is 57.6 Å². The van der Waals surface area contributed by atoms with E-state index in [4.69, 9.17) is 5.11 Å². The summed E-state index contributed by atoms with van der Waals surface area (Å²) in [5, 5.41) is 8.85. The first-order valence-corrected chi connectivity index (χ1v) is 5.74. The number of aliphatic carboxylic acids is 1. The molecule has 1 saturated heterocycles. The van der Waals surface area contributed by atoms with Gasteiger partial charge in [0.1, 0.15) is 6.54 Å². The smallest absolute Gasteiger partial charge is 0.323 e. The Morgan fingerprint density at radius 2 is 2.06 bits per heavy atom. The molecule has 1 aliphatic heterocycles. The number of benzene rings is 1.